The summed E-state index contributed by atoms with van der Waals surface area (Å²) < 4.78 is 5.79. The Morgan fingerprint density at radius 1 is 1.29 bits per heavy atom. The Morgan fingerprint density at radius 2 is 2.05 bits per heavy atom. The van der Waals surface area contributed by atoms with E-state index >= 15 is 0 Å². The maximum atomic E-state index is 5.79. The Bertz CT molecular complexity index is 572. The van der Waals surface area contributed by atoms with Crippen molar-refractivity contribution in [3.63, 3.8) is 0 Å². The van der Waals surface area contributed by atoms with E-state index in [0.717, 1.165) is 36.5 Å². The van der Waals surface area contributed by atoms with Crippen molar-refractivity contribution < 1.29 is 4.74 Å². The van der Waals surface area contributed by atoms with Gasteiger partial charge in [0.2, 0.25) is 0 Å². The first-order chi connectivity index (χ1) is 10.3. The summed E-state index contributed by atoms with van der Waals surface area (Å²) in [6.45, 7) is 4.21. The molecule has 112 valence electrons. The van der Waals surface area contributed by atoms with Crippen LogP contribution in [-0.4, -0.2) is 34.8 Å². The highest BCUT2D eigenvalue weighted by molar-refractivity contribution is 5.63. The lowest BCUT2D eigenvalue weighted by Gasteiger charge is -2.15. The first-order valence-electron chi connectivity index (χ1n) is 7.74. The Labute approximate surface area is 126 Å². The predicted octanol–water partition coefficient (Wildman–Crippen LogP) is 3.46. The van der Waals surface area contributed by atoms with E-state index < -0.39 is 0 Å². The molecule has 0 saturated heterocycles. The number of nitrogens with one attached hydrogen (secondary N) is 1. The van der Waals surface area contributed by atoms with Gasteiger partial charge in [0.05, 0.1) is 11.8 Å². The minimum Gasteiger partial charge on any atom is -0.490 e. The van der Waals surface area contributed by atoms with Gasteiger partial charge in [0.1, 0.15) is 5.75 Å². The third-order valence-electron chi connectivity index (χ3n) is 3.72. The third kappa shape index (κ3) is 3.64. The number of hydrogen-bond acceptors (Lipinski definition) is 3. The SMILES string of the molecule is CCCN(C)Cc1c[nH]nc1-c1ccc(OC2CC2)cc1. The molecule has 0 spiro atoms. The maximum Gasteiger partial charge on any atom is 0.119 e. The van der Waals surface area contributed by atoms with Crippen LogP contribution in [-0.2, 0) is 6.54 Å². The Balaban J connectivity index is 1.72. The van der Waals surface area contributed by atoms with Crippen molar-refractivity contribution in [2.45, 2.75) is 38.8 Å². The van der Waals surface area contributed by atoms with Crippen LogP contribution in [0.3, 0.4) is 0 Å². The highest BCUT2D eigenvalue weighted by atomic mass is 16.5. The molecular weight excluding hydrogens is 262 g/mol. The lowest BCUT2D eigenvalue weighted by Crippen LogP contribution is -2.18. The lowest BCUT2D eigenvalue weighted by molar-refractivity contribution is 0.303. The Kier molecular flexibility index (Phi) is 4.25. The summed E-state index contributed by atoms with van der Waals surface area (Å²) in [5, 5.41) is 7.40. The predicted molar refractivity (Wildman–Crippen MR) is 84.3 cm³/mol. The highest BCUT2D eigenvalue weighted by Gasteiger charge is 2.23. The fourth-order valence-electron chi connectivity index (χ4n) is 2.51. The number of aromatic amines is 1. The first kappa shape index (κ1) is 14.1. The van der Waals surface area contributed by atoms with Crippen molar-refractivity contribution in [3.05, 3.63) is 36.0 Å². The van der Waals surface area contributed by atoms with Crippen LogP contribution in [0.4, 0.5) is 0 Å². The van der Waals surface area contributed by atoms with Gasteiger partial charge in [-0.25, -0.2) is 0 Å². The normalized spacial score (nSPS) is 14.6. The fraction of sp³-hybridized carbons (Fsp3) is 0.471. The second-order valence-corrected chi connectivity index (χ2v) is 5.84. The molecule has 3 rings (SSSR count). The number of H-pyrrole nitrogens is 1. The van der Waals surface area contributed by atoms with Crippen molar-refractivity contribution in [2.24, 2.45) is 0 Å². The second-order valence-electron chi connectivity index (χ2n) is 5.84. The minimum absolute atomic E-state index is 0.444. The number of rotatable bonds is 7. The molecular formula is C17H23N3O. The van der Waals surface area contributed by atoms with E-state index in [1.165, 1.54) is 18.4 Å². The highest BCUT2D eigenvalue weighted by Crippen LogP contribution is 2.29. The molecule has 4 nitrogen and oxygen atoms in total. The van der Waals surface area contributed by atoms with Gasteiger partial charge < -0.3 is 9.64 Å². The Morgan fingerprint density at radius 3 is 2.71 bits per heavy atom. The van der Waals surface area contributed by atoms with Crippen LogP contribution in [0.15, 0.2) is 30.5 Å². The average molecular weight is 285 g/mol. The van der Waals surface area contributed by atoms with Gasteiger partial charge in [0.25, 0.3) is 0 Å². The van der Waals surface area contributed by atoms with Crippen LogP contribution < -0.4 is 4.74 Å². The zero-order valence-corrected chi connectivity index (χ0v) is 12.8. The largest absolute Gasteiger partial charge is 0.490 e. The molecule has 1 saturated carbocycles. The fourth-order valence-corrected chi connectivity index (χ4v) is 2.51. The zero-order chi connectivity index (χ0) is 14.7. The molecule has 2 aromatic rings. The number of ether oxygens (including phenoxy) is 1. The quantitative estimate of drug-likeness (QED) is 0.847. The number of benzene rings is 1. The van der Waals surface area contributed by atoms with Crippen LogP contribution in [0, 0.1) is 0 Å². The van der Waals surface area contributed by atoms with Crippen molar-refractivity contribution in [1.29, 1.82) is 0 Å². The second kappa shape index (κ2) is 6.31. The van der Waals surface area contributed by atoms with Gasteiger partial charge in [-0.2, -0.15) is 5.10 Å². The van der Waals surface area contributed by atoms with Gasteiger partial charge in [0.15, 0.2) is 0 Å². The van der Waals surface area contributed by atoms with Crippen LogP contribution in [0.5, 0.6) is 5.75 Å². The molecule has 21 heavy (non-hydrogen) atoms. The van der Waals surface area contributed by atoms with E-state index in [4.69, 9.17) is 4.74 Å². The molecule has 0 amide bonds. The summed E-state index contributed by atoms with van der Waals surface area (Å²) >= 11 is 0. The average Bonchev–Trinajstić information content (AvgIpc) is 3.17. The van der Waals surface area contributed by atoms with Gasteiger partial charge in [-0.05, 0) is 57.1 Å². The summed E-state index contributed by atoms with van der Waals surface area (Å²) in [5.41, 5.74) is 3.41. The summed E-state index contributed by atoms with van der Waals surface area (Å²) in [5.74, 6) is 0.960. The van der Waals surface area contributed by atoms with Gasteiger partial charge >= 0.3 is 0 Å². The molecule has 0 unspecified atom stereocenters. The monoisotopic (exact) mass is 285 g/mol. The molecule has 1 aliphatic rings. The van der Waals surface area contributed by atoms with E-state index in [1.54, 1.807) is 0 Å². The molecule has 0 aliphatic heterocycles. The molecule has 1 aromatic heterocycles. The molecule has 4 heteroatoms. The number of aromatic nitrogens is 2. The molecule has 0 radical (unpaired) electrons. The summed E-state index contributed by atoms with van der Waals surface area (Å²) in [7, 11) is 2.15. The summed E-state index contributed by atoms with van der Waals surface area (Å²) in [6, 6.07) is 8.28. The molecule has 1 fully saturated rings. The van der Waals surface area contributed by atoms with Crippen LogP contribution >= 0.6 is 0 Å². The zero-order valence-electron chi connectivity index (χ0n) is 12.8. The molecule has 0 atom stereocenters. The van der Waals surface area contributed by atoms with E-state index in [9.17, 15) is 0 Å². The van der Waals surface area contributed by atoms with Gasteiger partial charge in [-0.3, -0.25) is 5.10 Å². The molecule has 1 heterocycles. The molecule has 1 N–H and O–H groups in total. The number of hydrogen-bond donors (Lipinski definition) is 1. The third-order valence-corrected chi connectivity index (χ3v) is 3.72. The van der Waals surface area contributed by atoms with Gasteiger partial charge in [0, 0.05) is 23.9 Å². The topological polar surface area (TPSA) is 41.2 Å². The van der Waals surface area contributed by atoms with Crippen molar-refractivity contribution in [3.8, 4) is 17.0 Å². The Hall–Kier alpha value is -1.81. The van der Waals surface area contributed by atoms with Crippen molar-refractivity contribution in [1.82, 2.24) is 15.1 Å². The van der Waals surface area contributed by atoms with Gasteiger partial charge in [-0.1, -0.05) is 6.92 Å². The van der Waals surface area contributed by atoms with Crippen LogP contribution in [0.1, 0.15) is 31.7 Å². The number of nitrogens with zero attached hydrogens (tertiary/aromatic N) is 2. The summed E-state index contributed by atoms with van der Waals surface area (Å²) in [4.78, 5) is 2.32. The van der Waals surface area contributed by atoms with Crippen molar-refractivity contribution >= 4 is 0 Å². The summed E-state index contributed by atoms with van der Waals surface area (Å²) in [6.07, 6.45) is 5.98. The van der Waals surface area contributed by atoms with E-state index in [1.807, 2.05) is 18.3 Å². The van der Waals surface area contributed by atoms with E-state index in [0.29, 0.717) is 6.10 Å². The standard InChI is InChI=1S/C17H23N3O/c1-3-10-20(2)12-14-11-18-19-17(14)13-4-6-15(7-5-13)21-16-8-9-16/h4-7,11,16H,3,8-10,12H2,1-2H3,(H,18,19). The molecule has 0 bridgehead atoms. The van der Waals surface area contributed by atoms with Crippen molar-refractivity contribution in [2.75, 3.05) is 13.6 Å². The van der Waals surface area contributed by atoms with Gasteiger partial charge in [-0.15, -0.1) is 0 Å². The minimum atomic E-state index is 0.444. The first-order valence-corrected chi connectivity index (χ1v) is 7.74. The van der Waals surface area contributed by atoms with E-state index in [2.05, 4.69) is 41.2 Å². The van der Waals surface area contributed by atoms with E-state index in [-0.39, 0.29) is 0 Å². The molecule has 1 aliphatic carbocycles. The smallest absolute Gasteiger partial charge is 0.119 e. The van der Waals surface area contributed by atoms with Crippen LogP contribution in [0.25, 0.3) is 11.3 Å². The maximum absolute atomic E-state index is 5.79. The lowest BCUT2D eigenvalue weighted by atomic mass is 10.1. The van der Waals surface area contributed by atoms with Crippen LogP contribution in [0.2, 0.25) is 0 Å². The molecule has 1 aromatic carbocycles.